The van der Waals surface area contributed by atoms with E-state index in [1.165, 1.54) is 5.69 Å². The first kappa shape index (κ1) is 20.4. The standard InChI is InChI=1S/C22H34N6/c1-5-11-28(12-6-2)22-23-18(3)17-21(25-22)24-19-7-9-20(10-8-19)27-15-13-26(4)14-16-27/h7-10,17H,5-6,11-16H2,1-4H3,(H,23,24,25). The Morgan fingerprint density at radius 2 is 1.61 bits per heavy atom. The third kappa shape index (κ3) is 5.35. The normalized spacial score (nSPS) is 14.9. The first-order valence-electron chi connectivity index (χ1n) is 10.5. The lowest BCUT2D eigenvalue weighted by atomic mass is 10.2. The number of rotatable bonds is 8. The topological polar surface area (TPSA) is 47.5 Å². The fourth-order valence-corrected chi connectivity index (χ4v) is 3.58. The van der Waals surface area contributed by atoms with E-state index in [9.17, 15) is 0 Å². The number of hydrogen-bond acceptors (Lipinski definition) is 6. The number of hydrogen-bond donors (Lipinski definition) is 1. The summed E-state index contributed by atoms with van der Waals surface area (Å²) in [5, 5.41) is 3.46. The molecule has 1 N–H and O–H groups in total. The van der Waals surface area contributed by atoms with E-state index in [4.69, 9.17) is 4.98 Å². The second-order valence-corrected chi connectivity index (χ2v) is 7.64. The van der Waals surface area contributed by atoms with Crippen molar-refractivity contribution in [3.63, 3.8) is 0 Å². The highest BCUT2D eigenvalue weighted by Crippen LogP contribution is 2.23. The number of piperazine rings is 1. The van der Waals surface area contributed by atoms with E-state index in [0.29, 0.717) is 0 Å². The van der Waals surface area contributed by atoms with Crippen LogP contribution < -0.4 is 15.1 Å². The van der Waals surface area contributed by atoms with E-state index in [0.717, 1.165) is 75.3 Å². The summed E-state index contributed by atoms with van der Waals surface area (Å²) < 4.78 is 0. The maximum atomic E-state index is 4.77. The van der Waals surface area contributed by atoms with Gasteiger partial charge in [-0.15, -0.1) is 0 Å². The van der Waals surface area contributed by atoms with Crippen molar-refractivity contribution in [1.82, 2.24) is 14.9 Å². The van der Waals surface area contributed by atoms with Gasteiger partial charge in [0.25, 0.3) is 0 Å². The molecule has 0 radical (unpaired) electrons. The summed E-state index contributed by atoms with van der Waals surface area (Å²) in [7, 11) is 2.18. The Morgan fingerprint density at radius 3 is 2.21 bits per heavy atom. The monoisotopic (exact) mass is 382 g/mol. The predicted molar refractivity (Wildman–Crippen MR) is 119 cm³/mol. The number of anilines is 4. The van der Waals surface area contributed by atoms with Crippen molar-refractivity contribution in [3.8, 4) is 0 Å². The van der Waals surface area contributed by atoms with E-state index in [1.807, 2.05) is 13.0 Å². The van der Waals surface area contributed by atoms with Gasteiger partial charge >= 0.3 is 0 Å². The minimum Gasteiger partial charge on any atom is -0.369 e. The van der Waals surface area contributed by atoms with Crippen molar-refractivity contribution >= 4 is 23.1 Å². The van der Waals surface area contributed by atoms with E-state index < -0.39 is 0 Å². The quantitative estimate of drug-likeness (QED) is 0.747. The fourth-order valence-electron chi connectivity index (χ4n) is 3.58. The summed E-state index contributed by atoms with van der Waals surface area (Å²) in [5.41, 5.74) is 3.33. The zero-order valence-electron chi connectivity index (χ0n) is 17.8. The zero-order chi connectivity index (χ0) is 19.9. The van der Waals surface area contributed by atoms with Gasteiger partial charge in [0.1, 0.15) is 5.82 Å². The van der Waals surface area contributed by atoms with Gasteiger partial charge in [-0.25, -0.2) is 4.98 Å². The highest BCUT2D eigenvalue weighted by Gasteiger charge is 2.14. The summed E-state index contributed by atoms with van der Waals surface area (Å²) in [4.78, 5) is 16.5. The van der Waals surface area contributed by atoms with Crippen molar-refractivity contribution in [3.05, 3.63) is 36.0 Å². The van der Waals surface area contributed by atoms with Crippen LogP contribution in [0, 0.1) is 6.92 Å². The molecule has 2 heterocycles. The van der Waals surface area contributed by atoms with Crippen LogP contribution in [0.1, 0.15) is 32.4 Å². The molecule has 1 aliphatic rings. The van der Waals surface area contributed by atoms with Gasteiger partial charge in [0.15, 0.2) is 0 Å². The Kier molecular flexibility index (Phi) is 7.09. The lowest BCUT2D eigenvalue weighted by Crippen LogP contribution is -2.44. The van der Waals surface area contributed by atoms with Crippen molar-refractivity contribution < 1.29 is 0 Å². The van der Waals surface area contributed by atoms with Crippen LogP contribution in [-0.4, -0.2) is 61.2 Å². The maximum absolute atomic E-state index is 4.77. The van der Waals surface area contributed by atoms with Gasteiger partial charge < -0.3 is 20.0 Å². The Hall–Kier alpha value is -2.34. The molecule has 0 aliphatic carbocycles. The summed E-state index contributed by atoms with van der Waals surface area (Å²) in [6.07, 6.45) is 2.18. The molecule has 1 aromatic heterocycles. The lowest BCUT2D eigenvalue weighted by molar-refractivity contribution is 0.313. The number of nitrogens with zero attached hydrogens (tertiary/aromatic N) is 5. The van der Waals surface area contributed by atoms with Crippen LogP contribution in [0.4, 0.5) is 23.1 Å². The third-order valence-electron chi connectivity index (χ3n) is 5.12. The minimum absolute atomic E-state index is 0.820. The third-order valence-corrected chi connectivity index (χ3v) is 5.12. The first-order chi connectivity index (χ1) is 13.6. The van der Waals surface area contributed by atoms with Gasteiger partial charge in [-0.05, 0) is 51.1 Å². The molecule has 1 fully saturated rings. The number of aryl methyl sites for hydroxylation is 1. The first-order valence-corrected chi connectivity index (χ1v) is 10.5. The van der Waals surface area contributed by atoms with Crippen molar-refractivity contribution in [2.24, 2.45) is 0 Å². The van der Waals surface area contributed by atoms with Crippen LogP contribution >= 0.6 is 0 Å². The molecule has 6 heteroatoms. The number of aromatic nitrogens is 2. The molecule has 1 aromatic carbocycles. The summed E-state index contributed by atoms with van der Waals surface area (Å²) >= 11 is 0. The molecule has 0 bridgehead atoms. The molecule has 0 atom stereocenters. The Balaban J connectivity index is 1.70. The van der Waals surface area contributed by atoms with Gasteiger partial charge in [0.05, 0.1) is 0 Å². The molecule has 1 aliphatic heterocycles. The van der Waals surface area contributed by atoms with Gasteiger partial charge in [-0.2, -0.15) is 4.98 Å². The highest BCUT2D eigenvalue weighted by molar-refractivity contribution is 5.62. The minimum atomic E-state index is 0.820. The second kappa shape index (κ2) is 9.73. The van der Waals surface area contributed by atoms with E-state index in [1.54, 1.807) is 0 Å². The van der Waals surface area contributed by atoms with Crippen LogP contribution in [0.2, 0.25) is 0 Å². The Morgan fingerprint density at radius 1 is 0.964 bits per heavy atom. The number of likely N-dealkylation sites (N-methyl/N-ethyl adjacent to an activating group) is 1. The molecule has 0 spiro atoms. The van der Waals surface area contributed by atoms with Crippen LogP contribution in [0.15, 0.2) is 30.3 Å². The second-order valence-electron chi connectivity index (χ2n) is 7.64. The van der Waals surface area contributed by atoms with E-state index >= 15 is 0 Å². The molecule has 28 heavy (non-hydrogen) atoms. The van der Waals surface area contributed by atoms with Crippen LogP contribution in [0.5, 0.6) is 0 Å². The summed E-state index contributed by atoms with van der Waals surface area (Å²) in [5.74, 6) is 1.67. The molecule has 0 saturated carbocycles. The van der Waals surface area contributed by atoms with E-state index in [2.05, 4.69) is 70.2 Å². The Bertz CT molecular complexity index is 731. The predicted octanol–water partition coefficient (Wildman–Crippen LogP) is 3.91. The molecule has 152 valence electrons. The van der Waals surface area contributed by atoms with Gasteiger partial charge in [-0.3, -0.25) is 0 Å². The molecular weight excluding hydrogens is 348 g/mol. The molecule has 0 unspecified atom stereocenters. The summed E-state index contributed by atoms with van der Waals surface area (Å²) in [6.45, 7) is 12.8. The highest BCUT2D eigenvalue weighted by atomic mass is 15.3. The smallest absolute Gasteiger partial charge is 0.227 e. The molecule has 1 saturated heterocycles. The summed E-state index contributed by atoms with van der Waals surface area (Å²) in [6, 6.07) is 10.7. The molecular formula is C22H34N6. The average molecular weight is 383 g/mol. The van der Waals surface area contributed by atoms with Gasteiger partial charge in [0, 0.05) is 62.4 Å². The van der Waals surface area contributed by atoms with Crippen LogP contribution in [0.25, 0.3) is 0 Å². The SMILES string of the molecule is CCCN(CCC)c1nc(C)cc(Nc2ccc(N3CCN(C)CC3)cc2)n1. The van der Waals surface area contributed by atoms with Crippen molar-refractivity contribution in [1.29, 1.82) is 0 Å². The van der Waals surface area contributed by atoms with E-state index in [-0.39, 0.29) is 0 Å². The van der Waals surface area contributed by atoms with Crippen molar-refractivity contribution in [2.45, 2.75) is 33.6 Å². The molecule has 3 rings (SSSR count). The maximum Gasteiger partial charge on any atom is 0.227 e. The molecule has 0 amide bonds. The van der Waals surface area contributed by atoms with Crippen molar-refractivity contribution in [2.75, 3.05) is 61.4 Å². The molecule has 2 aromatic rings. The Labute approximate surface area is 169 Å². The number of benzene rings is 1. The van der Waals surface area contributed by atoms with Crippen LogP contribution in [-0.2, 0) is 0 Å². The van der Waals surface area contributed by atoms with Crippen LogP contribution in [0.3, 0.4) is 0 Å². The van der Waals surface area contributed by atoms with Gasteiger partial charge in [0.2, 0.25) is 5.95 Å². The largest absolute Gasteiger partial charge is 0.369 e. The lowest BCUT2D eigenvalue weighted by Gasteiger charge is -2.34. The average Bonchev–Trinajstić information content (AvgIpc) is 2.69. The number of nitrogens with one attached hydrogen (secondary N) is 1. The van der Waals surface area contributed by atoms with Gasteiger partial charge in [-0.1, -0.05) is 13.8 Å². The molecule has 6 nitrogen and oxygen atoms in total. The zero-order valence-corrected chi connectivity index (χ0v) is 17.8. The fraction of sp³-hybridized carbons (Fsp3) is 0.545.